The third kappa shape index (κ3) is 3.96. The van der Waals surface area contributed by atoms with E-state index in [-0.39, 0.29) is 35.4 Å². The van der Waals surface area contributed by atoms with E-state index in [1.165, 1.54) is 11.7 Å². The van der Waals surface area contributed by atoms with Gasteiger partial charge in [-0.3, -0.25) is 4.79 Å². The summed E-state index contributed by atoms with van der Waals surface area (Å²) in [5, 5.41) is 2.63. The third-order valence-corrected chi connectivity index (χ3v) is 6.59. The molecule has 0 spiro atoms. The van der Waals surface area contributed by atoms with Crippen LogP contribution < -0.4 is 10.1 Å². The van der Waals surface area contributed by atoms with Crippen LogP contribution in [0.5, 0.6) is 5.75 Å². The van der Waals surface area contributed by atoms with Gasteiger partial charge in [-0.05, 0) is 43.3 Å². The van der Waals surface area contributed by atoms with Crippen molar-refractivity contribution in [2.24, 2.45) is 0 Å². The zero-order valence-electron chi connectivity index (χ0n) is 17.5. The number of hydrogen-bond acceptors (Lipinski definition) is 7. The van der Waals surface area contributed by atoms with Gasteiger partial charge in [-0.25, -0.2) is 18.2 Å². The van der Waals surface area contributed by atoms with Crippen molar-refractivity contribution in [1.29, 1.82) is 0 Å². The van der Waals surface area contributed by atoms with Crippen molar-refractivity contribution in [3.05, 3.63) is 59.8 Å². The monoisotopic (exact) mass is 455 g/mol. The molecule has 166 valence electrons. The van der Waals surface area contributed by atoms with Crippen LogP contribution in [-0.2, 0) is 21.1 Å². The number of methoxy groups -OCH3 is 1. The highest BCUT2D eigenvalue weighted by Gasteiger charge is 2.35. The summed E-state index contributed by atoms with van der Waals surface area (Å²) in [5.74, 6) is -0.520. The lowest BCUT2D eigenvalue weighted by atomic mass is 10.1. The molecule has 1 aliphatic heterocycles. The zero-order chi connectivity index (χ0) is 22.9. The second kappa shape index (κ2) is 8.46. The first-order chi connectivity index (χ1) is 15.3. The number of hydrogen-bond donors (Lipinski definition) is 1. The maximum Gasteiger partial charge on any atom is 0.338 e. The Morgan fingerprint density at radius 1 is 1.16 bits per heavy atom. The van der Waals surface area contributed by atoms with Gasteiger partial charge >= 0.3 is 5.97 Å². The lowest BCUT2D eigenvalue weighted by Gasteiger charge is -2.10. The highest BCUT2D eigenvalue weighted by Crippen LogP contribution is 2.32. The number of ether oxygens (including phenoxy) is 2. The van der Waals surface area contributed by atoms with Crippen LogP contribution in [-0.4, -0.2) is 49.3 Å². The Morgan fingerprint density at radius 3 is 2.59 bits per heavy atom. The van der Waals surface area contributed by atoms with Crippen molar-refractivity contribution in [2.45, 2.75) is 18.6 Å². The molecule has 1 amide bonds. The molecule has 0 saturated heterocycles. The number of aromatic nitrogens is 2. The number of nitrogens with one attached hydrogen (secondary N) is 1. The fraction of sp³-hybridized carbons (Fsp3) is 0.227. The lowest BCUT2D eigenvalue weighted by molar-refractivity contribution is 0.0526. The maximum absolute atomic E-state index is 13.2. The van der Waals surface area contributed by atoms with E-state index in [9.17, 15) is 18.0 Å². The minimum absolute atomic E-state index is 0.109. The van der Waals surface area contributed by atoms with Gasteiger partial charge in [0.2, 0.25) is 15.0 Å². The van der Waals surface area contributed by atoms with E-state index >= 15 is 0 Å². The molecular weight excluding hydrogens is 434 g/mol. The summed E-state index contributed by atoms with van der Waals surface area (Å²) in [6.07, 6.45) is 0. The van der Waals surface area contributed by atoms with Crippen LogP contribution in [0.3, 0.4) is 0 Å². The van der Waals surface area contributed by atoms with Gasteiger partial charge in [0.1, 0.15) is 17.1 Å². The molecule has 0 saturated carbocycles. The second-order valence-electron chi connectivity index (χ2n) is 7.05. The van der Waals surface area contributed by atoms with Gasteiger partial charge in [-0.15, -0.1) is 0 Å². The van der Waals surface area contributed by atoms with Crippen LogP contribution in [0.1, 0.15) is 27.8 Å². The number of nitrogens with zero attached hydrogens (tertiary/aromatic N) is 2. The van der Waals surface area contributed by atoms with Crippen molar-refractivity contribution in [1.82, 2.24) is 9.55 Å². The van der Waals surface area contributed by atoms with E-state index < -0.39 is 21.7 Å². The highest BCUT2D eigenvalue weighted by molar-refractivity contribution is 7.91. The van der Waals surface area contributed by atoms with Crippen LogP contribution in [0.15, 0.2) is 53.7 Å². The standard InChI is InChI=1S/C22H21N3O6S/c1-3-31-21(27)14-7-9-16(10-8-14)23-20(26)19-18(15-5-4-6-17(13-15)30-2)24-22-25(19)11-12-32(22,28)29/h4-10,13H,3,11-12H2,1-2H3,(H,23,26). The van der Waals surface area contributed by atoms with Crippen molar-refractivity contribution in [3.63, 3.8) is 0 Å². The van der Waals surface area contributed by atoms with E-state index in [1.54, 1.807) is 55.5 Å². The predicted octanol–water partition coefficient (Wildman–Crippen LogP) is 2.78. The molecule has 2 aromatic carbocycles. The molecule has 4 rings (SSSR count). The topological polar surface area (TPSA) is 117 Å². The van der Waals surface area contributed by atoms with Gasteiger partial charge in [-0.1, -0.05) is 12.1 Å². The minimum Gasteiger partial charge on any atom is -0.497 e. The number of esters is 1. The number of carbonyl (C=O) groups excluding carboxylic acids is 2. The van der Waals surface area contributed by atoms with Crippen LogP contribution in [0, 0.1) is 0 Å². The summed E-state index contributed by atoms with van der Waals surface area (Å²) in [4.78, 5) is 29.4. The van der Waals surface area contributed by atoms with E-state index in [1.807, 2.05) is 0 Å². The molecule has 32 heavy (non-hydrogen) atoms. The van der Waals surface area contributed by atoms with Gasteiger partial charge in [0, 0.05) is 17.8 Å². The van der Waals surface area contributed by atoms with Crippen molar-refractivity contribution in [2.75, 3.05) is 24.8 Å². The molecule has 1 aromatic heterocycles. The summed E-state index contributed by atoms with van der Waals surface area (Å²) in [7, 11) is -2.05. The average molecular weight is 455 g/mol. The molecule has 1 N–H and O–H groups in total. The van der Waals surface area contributed by atoms with E-state index in [0.717, 1.165) is 0 Å². The normalized spacial score (nSPS) is 13.9. The molecule has 9 nitrogen and oxygen atoms in total. The molecule has 10 heteroatoms. The zero-order valence-corrected chi connectivity index (χ0v) is 18.3. The number of fused-ring (bicyclic) bond motifs is 1. The molecule has 0 aliphatic carbocycles. The van der Waals surface area contributed by atoms with Gasteiger partial charge in [-0.2, -0.15) is 0 Å². The average Bonchev–Trinajstić information content (AvgIpc) is 3.32. The van der Waals surface area contributed by atoms with Crippen LogP contribution in [0.4, 0.5) is 5.69 Å². The van der Waals surface area contributed by atoms with Gasteiger partial charge in [0.15, 0.2) is 0 Å². The Balaban J connectivity index is 1.71. The number of imidazole rings is 1. The quantitative estimate of drug-likeness (QED) is 0.568. The fourth-order valence-electron chi connectivity index (χ4n) is 3.48. The first kappa shape index (κ1) is 21.6. The van der Waals surface area contributed by atoms with Gasteiger partial charge < -0.3 is 19.4 Å². The SMILES string of the molecule is CCOC(=O)c1ccc(NC(=O)c2c(-c3cccc(OC)c3)nc3n2CCS3(=O)=O)cc1. The van der Waals surface area contributed by atoms with E-state index in [0.29, 0.717) is 22.6 Å². The molecule has 1 aliphatic rings. The molecule has 3 aromatic rings. The molecule has 2 heterocycles. The molecule has 0 radical (unpaired) electrons. The van der Waals surface area contributed by atoms with Crippen molar-refractivity contribution in [3.8, 4) is 17.0 Å². The number of sulfone groups is 1. The number of amides is 1. The predicted molar refractivity (Wildman–Crippen MR) is 117 cm³/mol. The second-order valence-corrected chi connectivity index (χ2v) is 9.05. The summed E-state index contributed by atoms with van der Waals surface area (Å²) >= 11 is 0. The van der Waals surface area contributed by atoms with Crippen molar-refractivity contribution >= 4 is 27.4 Å². The summed E-state index contributed by atoms with van der Waals surface area (Å²) in [6.45, 7) is 2.12. The fourth-order valence-corrected chi connectivity index (χ4v) is 4.83. The third-order valence-electron chi connectivity index (χ3n) is 5.01. The number of rotatable bonds is 6. The number of carbonyl (C=O) groups is 2. The molecule has 0 bridgehead atoms. The van der Waals surface area contributed by atoms with Crippen LogP contribution in [0.2, 0.25) is 0 Å². The molecule has 0 unspecified atom stereocenters. The lowest BCUT2D eigenvalue weighted by Crippen LogP contribution is -2.18. The smallest absolute Gasteiger partial charge is 0.338 e. The summed E-state index contributed by atoms with van der Waals surface area (Å²) in [6, 6.07) is 13.1. The molecular formula is C22H21N3O6S. The largest absolute Gasteiger partial charge is 0.497 e. The Morgan fingerprint density at radius 2 is 1.91 bits per heavy atom. The Bertz CT molecular complexity index is 1300. The summed E-state index contributed by atoms with van der Waals surface area (Å²) < 4.78 is 36.5. The maximum atomic E-state index is 13.2. The number of anilines is 1. The van der Waals surface area contributed by atoms with E-state index in [4.69, 9.17) is 9.47 Å². The van der Waals surface area contributed by atoms with Gasteiger partial charge in [0.05, 0.1) is 25.0 Å². The van der Waals surface area contributed by atoms with Gasteiger partial charge in [0.25, 0.3) is 5.91 Å². The van der Waals surface area contributed by atoms with E-state index in [2.05, 4.69) is 10.3 Å². The van der Waals surface area contributed by atoms with Crippen LogP contribution >= 0.6 is 0 Å². The molecule has 0 fully saturated rings. The first-order valence-electron chi connectivity index (χ1n) is 9.90. The Labute approximate surface area is 184 Å². The summed E-state index contributed by atoms with van der Waals surface area (Å²) in [5.41, 5.74) is 1.75. The van der Waals surface area contributed by atoms with Crippen LogP contribution in [0.25, 0.3) is 11.3 Å². The molecule has 0 atom stereocenters. The Kier molecular flexibility index (Phi) is 5.70. The highest BCUT2D eigenvalue weighted by atomic mass is 32.2. The number of benzene rings is 2. The first-order valence-corrected chi connectivity index (χ1v) is 11.6. The van der Waals surface area contributed by atoms with Crippen molar-refractivity contribution < 1.29 is 27.5 Å². The Hall–Kier alpha value is -3.66. The minimum atomic E-state index is -3.57.